The van der Waals surface area contributed by atoms with E-state index in [4.69, 9.17) is 0 Å². The van der Waals surface area contributed by atoms with Crippen LogP contribution < -0.4 is 10.6 Å². The number of amides is 1. The average molecular weight is 240 g/mol. The predicted molar refractivity (Wildman–Crippen MR) is 74.7 cm³/mol. The van der Waals surface area contributed by atoms with E-state index >= 15 is 0 Å². The Labute approximate surface area is 108 Å². The monoisotopic (exact) mass is 240 g/mol. The standard InChI is InChI=1S/C14H24N2O.2H2/c1-12(2)15-10-6-3-7-11-16-14(17)13-8-4-5-9-13;;/h12-13,15H,3,6-11H2,1-2H3,(H,16,17);2*1H. The van der Waals surface area contributed by atoms with Gasteiger partial charge in [-0.1, -0.05) is 20.3 Å². The van der Waals surface area contributed by atoms with Gasteiger partial charge in [-0.15, -0.1) is 11.8 Å². The molecule has 0 aromatic heterocycles. The molecule has 0 fully saturated rings. The van der Waals surface area contributed by atoms with Crippen molar-refractivity contribution < 1.29 is 7.65 Å². The number of hydrogen-bond donors (Lipinski definition) is 2. The Kier molecular flexibility index (Phi) is 6.73. The van der Waals surface area contributed by atoms with E-state index in [1.54, 1.807) is 0 Å². The second kappa shape index (κ2) is 8.14. The molecule has 0 saturated heterocycles. The van der Waals surface area contributed by atoms with Crippen LogP contribution in [0.1, 0.15) is 48.8 Å². The van der Waals surface area contributed by atoms with Crippen LogP contribution in [0.4, 0.5) is 0 Å². The second-order valence-corrected chi connectivity index (χ2v) is 4.92. The minimum atomic E-state index is 0. The molecule has 0 aromatic carbocycles. The lowest BCUT2D eigenvalue weighted by atomic mass is 10.1. The molecule has 1 aliphatic rings. The van der Waals surface area contributed by atoms with E-state index in [1.165, 1.54) is 12.8 Å². The SMILES string of the molecule is CC(C)NCCCCCNC(=O)C1CC#CC1.[HH].[HH]. The smallest absolute Gasteiger partial charge is 0.225 e. The first-order valence-electron chi connectivity index (χ1n) is 6.67. The summed E-state index contributed by atoms with van der Waals surface area (Å²) in [5.41, 5.74) is 0. The summed E-state index contributed by atoms with van der Waals surface area (Å²) in [5.74, 6) is 6.19. The lowest BCUT2D eigenvalue weighted by Gasteiger charge is -2.10. The highest BCUT2D eigenvalue weighted by atomic mass is 16.1. The zero-order valence-electron chi connectivity index (χ0n) is 11.0. The summed E-state index contributed by atoms with van der Waals surface area (Å²) in [6.07, 6.45) is 4.90. The maximum Gasteiger partial charge on any atom is 0.225 e. The van der Waals surface area contributed by atoms with E-state index in [9.17, 15) is 4.79 Å². The molecule has 0 aromatic rings. The Bertz CT molecular complexity index is 288. The third-order valence-corrected chi connectivity index (χ3v) is 2.90. The fraction of sp³-hybridized carbons (Fsp3) is 0.786. The van der Waals surface area contributed by atoms with Crippen molar-refractivity contribution in [1.29, 1.82) is 0 Å². The molecule has 100 valence electrons. The lowest BCUT2D eigenvalue weighted by molar-refractivity contribution is -0.124. The molecule has 0 saturated carbocycles. The molecule has 2 N–H and O–H groups in total. The topological polar surface area (TPSA) is 41.1 Å². The van der Waals surface area contributed by atoms with Crippen LogP contribution in [0.3, 0.4) is 0 Å². The van der Waals surface area contributed by atoms with Crippen LogP contribution in [-0.2, 0) is 4.79 Å². The van der Waals surface area contributed by atoms with Crippen molar-refractivity contribution in [3.05, 3.63) is 0 Å². The number of unbranched alkanes of at least 4 members (excludes halogenated alkanes) is 2. The van der Waals surface area contributed by atoms with E-state index in [0.717, 1.165) is 32.4 Å². The molecular formula is C14H28N2O. The van der Waals surface area contributed by atoms with Crippen LogP contribution in [0.15, 0.2) is 0 Å². The highest BCUT2D eigenvalue weighted by molar-refractivity contribution is 5.79. The summed E-state index contributed by atoms with van der Waals surface area (Å²) in [5, 5.41) is 6.37. The fourth-order valence-corrected chi connectivity index (χ4v) is 1.82. The molecule has 0 atom stereocenters. The third kappa shape index (κ3) is 6.33. The molecule has 3 nitrogen and oxygen atoms in total. The first kappa shape index (κ1) is 14.1. The number of rotatable bonds is 8. The van der Waals surface area contributed by atoms with Crippen molar-refractivity contribution in [3.8, 4) is 11.8 Å². The van der Waals surface area contributed by atoms with E-state index in [-0.39, 0.29) is 14.7 Å². The van der Waals surface area contributed by atoms with Gasteiger partial charge in [0.2, 0.25) is 5.91 Å². The number of carbonyl (C=O) groups is 1. The van der Waals surface area contributed by atoms with Gasteiger partial charge in [0.25, 0.3) is 0 Å². The van der Waals surface area contributed by atoms with Crippen molar-refractivity contribution in [2.24, 2.45) is 5.92 Å². The summed E-state index contributed by atoms with van der Waals surface area (Å²) < 4.78 is 0. The summed E-state index contributed by atoms with van der Waals surface area (Å²) in [7, 11) is 0. The van der Waals surface area contributed by atoms with E-state index in [0.29, 0.717) is 6.04 Å². The van der Waals surface area contributed by atoms with Gasteiger partial charge in [0.15, 0.2) is 0 Å². The maximum absolute atomic E-state index is 11.6. The van der Waals surface area contributed by atoms with E-state index in [2.05, 4.69) is 36.3 Å². The first-order valence-corrected chi connectivity index (χ1v) is 6.67. The molecule has 0 aliphatic heterocycles. The summed E-state index contributed by atoms with van der Waals surface area (Å²) in [6, 6.07) is 0.567. The van der Waals surface area contributed by atoms with Gasteiger partial charge in [0, 0.05) is 28.3 Å². The lowest BCUT2D eigenvalue weighted by Crippen LogP contribution is -2.30. The van der Waals surface area contributed by atoms with Crippen molar-refractivity contribution in [3.63, 3.8) is 0 Å². The van der Waals surface area contributed by atoms with Crippen LogP contribution in [-0.4, -0.2) is 25.0 Å². The van der Waals surface area contributed by atoms with Gasteiger partial charge in [-0.3, -0.25) is 4.79 Å². The first-order chi connectivity index (χ1) is 8.20. The Balaban J connectivity index is 0. The minimum Gasteiger partial charge on any atom is -0.356 e. The summed E-state index contributed by atoms with van der Waals surface area (Å²) >= 11 is 0. The molecule has 1 rings (SSSR count). The second-order valence-electron chi connectivity index (χ2n) is 4.92. The van der Waals surface area contributed by atoms with Gasteiger partial charge in [-0.05, 0) is 19.4 Å². The molecule has 0 unspecified atom stereocenters. The average Bonchev–Trinajstić information content (AvgIpc) is 2.80. The van der Waals surface area contributed by atoms with Crippen LogP contribution in [0, 0.1) is 17.8 Å². The van der Waals surface area contributed by atoms with Crippen molar-refractivity contribution in [2.75, 3.05) is 13.1 Å². The summed E-state index contributed by atoms with van der Waals surface area (Å²) in [4.78, 5) is 11.6. The molecule has 0 radical (unpaired) electrons. The maximum atomic E-state index is 11.6. The van der Waals surface area contributed by atoms with Crippen LogP contribution in [0.5, 0.6) is 0 Å². The highest BCUT2D eigenvalue weighted by Crippen LogP contribution is 2.12. The number of nitrogens with one attached hydrogen (secondary N) is 2. The van der Waals surface area contributed by atoms with Crippen LogP contribution in [0.2, 0.25) is 0 Å². The number of hydrogen-bond acceptors (Lipinski definition) is 2. The highest BCUT2D eigenvalue weighted by Gasteiger charge is 2.18. The molecule has 0 heterocycles. The molecule has 0 spiro atoms. The van der Waals surface area contributed by atoms with Crippen molar-refractivity contribution in [1.82, 2.24) is 10.6 Å². The van der Waals surface area contributed by atoms with Gasteiger partial charge < -0.3 is 10.6 Å². The van der Waals surface area contributed by atoms with Gasteiger partial charge in [-0.2, -0.15) is 0 Å². The summed E-state index contributed by atoms with van der Waals surface area (Å²) in [6.45, 7) is 6.19. The minimum absolute atomic E-state index is 0. The van der Waals surface area contributed by atoms with Crippen molar-refractivity contribution in [2.45, 2.75) is 52.0 Å². The van der Waals surface area contributed by atoms with Gasteiger partial charge in [-0.25, -0.2) is 0 Å². The quantitative estimate of drug-likeness (QED) is 0.504. The molecule has 1 amide bonds. The fourth-order valence-electron chi connectivity index (χ4n) is 1.82. The zero-order valence-corrected chi connectivity index (χ0v) is 11.0. The third-order valence-electron chi connectivity index (χ3n) is 2.90. The van der Waals surface area contributed by atoms with Crippen LogP contribution >= 0.6 is 0 Å². The molecule has 1 aliphatic carbocycles. The van der Waals surface area contributed by atoms with Gasteiger partial charge >= 0.3 is 0 Å². The Morgan fingerprint density at radius 3 is 2.53 bits per heavy atom. The van der Waals surface area contributed by atoms with Gasteiger partial charge in [0.1, 0.15) is 0 Å². The van der Waals surface area contributed by atoms with Crippen molar-refractivity contribution >= 4 is 5.91 Å². The van der Waals surface area contributed by atoms with Gasteiger partial charge in [0.05, 0.1) is 5.92 Å². The predicted octanol–water partition coefficient (Wildman–Crippen LogP) is 2.18. The Hall–Kier alpha value is -1.01. The molecule has 0 bridgehead atoms. The molecule has 17 heavy (non-hydrogen) atoms. The van der Waals surface area contributed by atoms with E-state index in [1.807, 2.05) is 0 Å². The Morgan fingerprint density at radius 2 is 1.88 bits per heavy atom. The van der Waals surface area contributed by atoms with Crippen LogP contribution in [0.25, 0.3) is 0 Å². The largest absolute Gasteiger partial charge is 0.356 e. The van der Waals surface area contributed by atoms with E-state index < -0.39 is 0 Å². The normalized spacial score (nSPS) is 14.8. The molecular weight excluding hydrogens is 212 g/mol. The Morgan fingerprint density at radius 1 is 1.24 bits per heavy atom. The molecule has 3 heteroatoms. The zero-order chi connectivity index (χ0) is 12.5. The number of carbonyl (C=O) groups excluding carboxylic acids is 1.